The van der Waals surface area contributed by atoms with Gasteiger partial charge in [0.05, 0.1) is 14.2 Å². The van der Waals surface area contributed by atoms with Gasteiger partial charge in [0, 0.05) is 0 Å². The van der Waals surface area contributed by atoms with E-state index in [1.807, 2.05) is 19.1 Å². The lowest BCUT2D eigenvalue weighted by molar-refractivity contribution is 0.0727. The molecule has 0 saturated carbocycles. The van der Waals surface area contributed by atoms with Gasteiger partial charge in [0.2, 0.25) is 0 Å². The molecule has 0 radical (unpaired) electrons. The topological polar surface area (TPSA) is 44.8 Å². The maximum Gasteiger partial charge on any atom is 0.351 e. The van der Waals surface area contributed by atoms with Crippen molar-refractivity contribution in [2.75, 3.05) is 14.2 Å². The van der Waals surface area contributed by atoms with Crippen LogP contribution in [-0.4, -0.2) is 20.2 Å². The molecule has 4 heteroatoms. The van der Waals surface area contributed by atoms with E-state index in [-0.39, 0.29) is 5.56 Å². The van der Waals surface area contributed by atoms with Crippen molar-refractivity contribution in [3.8, 4) is 17.2 Å². The molecule has 104 valence electrons. The van der Waals surface area contributed by atoms with Crippen molar-refractivity contribution in [1.82, 2.24) is 0 Å². The molecule has 0 aliphatic carbocycles. The monoisotopic (exact) mass is 272 g/mol. The number of carbonyl (C=O) groups excluding carboxylic acids is 1. The maximum absolute atomic E-state index is 12.3. The van der Waals surface area contributed by atoms with Gasteiger partial charge < -0.3 is 14.2 Å². The molecule has 4 nitrogen and oxygen atoms in total. The van der Waals surface area contributed by atoms with Crippen LogP contribution in [0.5, 0.6) is 17.2 Å². The maximum atomic E-state index is 12.3. The summed E-state index contributed by atoms with van der Waals surface area (Å²) in [5.74, 6) is 0.817. The summed E-state index contributed by atoms with van der Waals surface area (Å²) < 4.78 is 15.7. The third-order valence-electron chi connectivity index (χ3n) is 2.83. The average Bonchev–Trinajstić information content (AvgIpc) is 2.46. The minimum Gasteiger partial charge on any atom is -0.496 e. The molecule has 20 heavy (non-hydrogen) atoms. The molecule has 0 heterocycles. The Kier molecular flexibility index (Phi) is 4.25. The molecule has 2 aromatic rings. The minimum absolute atomic E-state index is 0.277. The lowest BCUT2D eigenvalue weighted by Gasteiger charge is -2.12. The molecule has 0 amide bonds. The average molecular weight is 272 g/mol. The number of benzene rings is 2. The summed E-state index contributed by atoms with van der Waals surface area (Å²) in [6.07, 6.45) is 0. The van der Waals surface area contributed by atoms with Gasteiger partial charge in [0.1, 0.15) is 22.8 Å². The summed E-state index contributed by atoms with van der Waals surface area (Å²) in [4.78, 5) is 12.3. The number of aryl methyl sites for hydroxylation is 1. The second-order valence-corrected chi connectivity index (χ2v) is 4.24. The summed E-state index contributed by atoms with van der Waals surface area (Å²) in [5.41, 5.74) is 1.29. The zero-order valence-corrected chi connectivity index (χ0v) is 11.7. The van der Waals surface area contributed by atoms with Gasteiger partial charge in [-0.25, -0.2) is 4.79 Å². The fourth-order valence-electron chi connectivity index (χ4n) is 1.89. The molecule has 0 aliphatic rings. The molecule has 0 saturated heterocycles. The van der Waals surface area contributed by atoms with E-state index in [4.69, 9.17) is 14.2 Å². The third kappa shape index (κ3) is 2.91. The van der Waals surface area contributed by atoms with Crippen LogP contribution in [0.3, 0.4) is 0 Å². The number of hydrogen-bond donors (Lipinski definition) is 0. The highest BCUT2D eigenvalue weighted by molar-refractivity contribution is 5.97. The van der Waals surface area contributed by atoms with Crippen LogP contribution in [0.15, 0.2) is 42.5 Å². The van der Waals surface area contributed by atoms with Gasteiger partial charge in [-0.2, -0.15) is 0 Å². The van der Waals surface area contributed by atoms with Crippen LogP contribution in [0.1, 0.15) is 15.9 Å². The molecule has 0 aromatic heterocycles. The molecular formula is C16H16O4. The van der Waals surface area contributed by atoms with E-state index < -0.39 is 5.97 Å². The van der Waals surface area contributed by atoms with Crippen LogP contribution < -0.4 is 14.2 Å². The van der Waals surface area contributed by atoms with Crippen LogP contribution in [0.2, 0.25) is 0 Å². The number of rotatable bonds is 4. The second-order valence-electron chi connectivity index (χ2n) is 4.24. The highest BCUT2D eigenvalue weighted by Crippen LogP contribution is 2.29. The molecule has 0 N–H and O–H groups in total. The van der Waals surface area contributed by atoms with Gasteiger partial charge in [0.25, 0.3) is 0 Å². The van der Waals surface area contributed by atoms with Crippen LogP contribution in [-0.2, 0) is 0 Å². The molecule has 0 atom stereocenters. The fourth-order valence-corrected chi connectivity index (χ4v) is 1.89. The van der Waals surface area contributed by atoms with E-state index in [1.54, 1.807) is 30.3 Å². The Hall–Kier alpha value is -2.49. The second kappa shape index (κ2) is 6.10. The Labute approximate surface area is 117 Å². The highest BCUT2D eigenvalue weighted by Gasteiger charge is 2.20. The largest absolute Gasteiger partial charge is 0.496 e. The molecule has 0 fully saturated rings. The summed E-state index contributed by atoms with van der Waals surface area (Å²) in [6.45, 7) is 1.93. The molecule has 0 aliphatic heterocycles. The molecule has 0 unspecified atom stereocenters. The van der Waals surface area contributed by atoms with Crippen LogP contribution in [0, 0.1) is 6.92 Å². The van der Waals surface area contributed by atoms with Gasteiger partial charge in [-0.3, -0.25) is 0 Å². The number of methoxy groups -OCH3 is 2. The van der Waals surface area contributed by atoms with E-state index in [0.29, 0.717) is 17.2 Å². The standard InChI is InChI=1S/C16H16O4/c1-11-6-4-7-12(10-11)20-16(17)15-13(18-2)8-5-9-14(15)19-3/h4-10H,1-3H3. The smallest absolute Gasteiger partial charge is 0.351 e. The van der Waals surface area contributed by atoms with Crippen LogP contribution >= 0.6 is 0 Å². The van der Waals surface area contributed by atoms with Crippen LogP contribution in [0.25, 0.3) is 0 Å². The highest BCUT2D eigenvalue weighted by atomic mass is 16.5. The van der Waals surface area contributed by atoms with Gasteiger partial charge in [-0.15, -0.1) is 0 Å². The number of ether oxygens (including phenoxy) is 3. The van der Waals surface area contributed by atoms with Crippen molar-refractivity contribution in [2.24, 2.45) is 0 Å². The zero-order valence-electron chi connectivity index (χ0n) is 11.7. The third-order valence-corrected chi connectivity index (χ3v) is 2.83. The van der Waals surface area contributed by atoms with Crippen molar-refractivity contribution in [2.45, 2.75) is 6.92 Å². The molecule has 0 bridgehead atoms. The molecular weight excluding hydrogens is 256 g/mol. The van der Waals surface area contributed by atoms with Crippen molar-refractivity contribution in [3.63, 3.8) is 0 Å². The van der Waals surface area contributed by atoms with Gasteiger partial charge in [-0.1, -0.05) is 18.2 Å². The molecule has 2 aromatic carbocycles. The lowest BCUT2D eigenvalue weighted by atomic mass is 10.1. The van der Waals surface area contributed by atoms with E-state index in [0.717, 1.165) is 5.56 Å². The SMILES string of the molecule is COc1cccc(OC)c1C(=O)Oc1cccc(C)c1. The minimum atomic E-state index is -0.509. The predicted octanol–water partition coefficient (Wildman–Crippen LogP) is 3.23. The van der Waals surface area contributed by atoms with E-state index in [2.05, 4.69) is 0 Å². The Morgan fingerprint density at radius 3 is 2.10 bits per heavy atom. The Balaban J connectivity index is 2.33. The van der Waals surface area contributed by atoms with Gasteiger partial charge in [-0.05, 0) is 36.8 Å². The van der Waals surface area contributed by atoms with E-state index in [9.17, 15) is 4.79 Å². The molecule has 0 spiro atoms. The van der Waals surface area contributed by atoms with E-state index >= 15 is 0 Å². The van der Waals surface area contributed by atoms with Crippen molar-refractivity contribution in [1.29, 1.82) is 0 Å². The van der Waals surface area contributed by atoms with Crippen molar-refractivity contribution in [3.05, 3.63) is 53.6 Å². The summed E-state index contributed by atoms with van der Waals surface area (Å²) in [6, 6.07) is 12.4. The molecule has 2 rings (SSSR count). The van der Waals surface area contributed by atoms with E-state index in [1.165, 1.54) is 14.2 Å². The van der Waals surface area contributed by atoms with Crippen LogP contribution in [0.4, 0.5) is 0 Å². The van der Waals surface area contributed by atoms with Gasteiger partial charge in [0.15, 0.2) is 0 Å². The summed E-state index contributed by atoms with van der Waals surface area (Å²) in [7, 11) is 3.00. The normalized spacial score (nSPS) is 9.95. The Morgan fingerprint density at radius 1 is 0.950 bits per heavy atom. The first-order chi connectivity index (χ1) is 9.65. The van der Waals surface area contributed by atoms with Crippen molar-refractivity contribution >= 4 is 5.97 Å². The first-order valence-electron chi connectivity index (χ1n) is 6.15. The first kappa shape index (κ1) is 13.9. The number of carbonyl (C=O) groups is 1. The fraction of sp³-hybridized carbons (Fsp3) is 0.188. The van der Waals surface area contributed by atoms with Crippen molar-refractivity contribution < 1.29 is 19.0 Å². The first-order valence-corrected chi connectivity index (χ1v) is 6.15. The Morgan fingerprint density at radius 2 is 1.55 bits per heavy atom. The summed E-state index contributed by atoms with van der Waals surface area (Å²) in [5, 5.41) is 0. The summed E-state index contributed by atoms with van der Waals surface area (Å²) >= 11 is 0. The predicted molar refractivity (Wildman–Crippen MR) is 75.7 cm³/mol. The van der Waals surface area contributed by atoms with Gasteiger partial charge >= 0.3 is 5.97 Å². The quantitative estimate of drug-likeness (QED) is 0.633. The Bertz CT molecular complexity index is 597. The number of esters is 1. The lowest BCUT2D eigenvalue weighted by Crippen LogP contribution is -2.12. The zero-order chi connectivity index (χ0) is 14.5. The number of hydrogen-bond acceptors (Lipinski definition) is 4.